The number of anilines is 2. The molecule has 0 spiro atoms. The number of ether oxygens (including phenoxy) is 2. The number of piperazine rings is 1. The van der Waals surface area contributed by atoms with E-state index in [0.29, 0.717) is 43.2 Å². The molecule has 1 fully saturated rings. The van der Waals surface area contributed by atoms with E-state index in [1.165, 1.54) is 23.5 Å². The van der Waals surface area contributed by atoms with Crippen molar-refractivity contribution in [2.75, 3.05) is 57.2 Å². The van der Waals surface area contributed by atoms with E-state index in [1.54, 1.807) is 43.5 Å². The maximum Gasteiger partial charge on any atom is 0.251 e. The molecule has 0 bridgehead atoms. The van der Waals surface area contributed by atoms with E-state index in [0.717, 1.165) is 11.4 Å². The molecule has 1 aliphatic heterocycles. The molecule has 2 N–H and O–H groups in total. The molecular weight excluding hydrogens is 520 g/mol. The van der Waals surface area contributed by atoms with Crippen LogP contribution in [0.25, 0.3) is 0 Å². The first-order valence-electron chi connectivity index (χ1n) is 12.5. The van der Waals surface area contributed by atoms with E-state index in [4.69, 9.17) is 9.47 Å². The molecule has 10 nitrogen and oxygen atoms in total. The molecule has 0 radical (unpaired) electrons. The van der Waals surface area contributed by atoms with Gasteiger partial charge in [-0.2, -0.15) is 4.31 Å². The zero-order valence-electron chi connectivity index (χ0n) is 21.9. The fourth-order valence-corrected chi connectivity index (χ4v) is 5.72. The predicted octanol–water partition coefficient (Wildman–Crippen LogP) is 2.97. The summed E-state index contributed by atoms with van der Waals surface area (Å²) >= 11 is 0. The fourth-order valence-electron chi connectivity index (χ4n) is 4.30. The Morgan fingerprint density at radius 2 is 1.59 bits per heavy atom. The number of carbonyl (C=O) groups excluding carboxylic acids is 2. The van der Waals surface area contributed by atoms with Crippen LogP contribution in [0.3, 0.4) is 0 Å². The summed E-state index contributed by atoms with van der Waals surface area (Å²) in [6.07, 6.45) is 0.0617. The summed E-state index contributed by atoms with van der Waals surface area (Å²) in [7, 11) is -0.537. The van der Waals surface area contributed by atoms with Crippen molar-refractivity contribution >= 4 is 33.2 Å². The molecule has 1 heterocycles. The minimum absolute atomic E-state index is 0.0617. The Hall–Kier alpha value is -4.09. The van der Waals surface area contributed by atoms with Crippen molar-refractivity contribution in [3.8, 4) is 11.5 Å². The lowest BCUT2D eigenvalue weighted by Gasteiger charge is -2.35. The predicted molar refractivity (Wildman–Crippen MR) is 149 cm³/mol. The molecule has 11 heteroatoms. The zero-order valence-corrected chi connectivity index (χ0v) is 22.7. The van der Waals surface area contributed by atoms with E-state index >= 15 is 0 Å². The van der Waals surface area contributed by atoms with Crippen LogP contribution in [0.15, 0.2) is 77.7 Å². The van der Waals surface area contributed by atoms with Gasteiger partial charge in [-0.3, -0.25) is 9.59 Å². The highest BCUT2D eigenvalue weighted by Gasteiger charge is 2.29. The number of carbonyl (C=O) groups is 2. The number of methoxy groups -OCH3 is 2. The Morgan fingerprint density at radius 3 is 2.28 bits per heavy atom. The van der Waals surface area contributed by atoms with Crippen LogP contribution in [-0.4, -0.2) is 71.5 Å². The summed E-state index contributed by atoms with van der Waals surface area (Å²) in [5.41, 5.74) is 1.85. The van der Waals surface area contributed by atoms with E-state index in [-0.39, 0.29) is 29.7 Å². The van der Waals surface area contributed by atoms with Crippen LogP contribution in [-0.2, 0) is 14.8 Å². The highest BCUT2D eigenvalue weighted by Crippen LogP contribution is 2.29. The first-order chi connectivity index (χ1) is 18.8. The van der Waals surface area contributed by atoms with Crippen LogP contribution in [0.2, 0.25) is 0 Å². The topological polar surface area (TPSA) is 117 Å². The normalized spacial score (nSPS) is 13.9. The summed E-state index contributed by atoms with van der Waals surface area (Å²) in [4.78, 5) is 26.9. The van der Waals surface area contributed by atoms with E-state index in [9.17, 15) is 18.0 Å². The van der Waals surface area contributed by atoms with Gasteiger partial charge in [0.1, 0.15) is 11.5 Å². The average molecular weight is 553 g/mol. The van der Waals surface area contributed by atoms with Gasteiger partial charge in [-0.1, -0.05) is 18.2 Å². The maximum absolute atomic E-state index is 13.2. The lowest BCUT2D eigenvalue weighted by Crippen LogP contribution is -2.48. The lowest BCUT2D eigenvalue weighted by molar-refractivity contribution is -0.116. The molecule has 3 aromatic rings. The van der Waals surface area contributed by atoms with Gasteiger partial charge in [-0.05, 0) is 54.6 Å². The second-order valence-electron chi connectivity index (χ2n) is 8.87. The van der Waals surface area contributed by atoms with Crippen molar-refractivity contribution in [3.63, 3.8) is 0 Å². The van der Waals surface area contributed by atoms with E-state index in [1.807, 2.05) is 24.3 Å². The Labute approximate surface area is 228 Å². The monoisotopic (exact) mass is 552 g/mol. The first kappa shape index (κ1) is 27.9. The summed E-state index contributed by atoms with van der Waals surface area (Å²) in [5.74, 6) is 0.718. The van der Waals surface area contributed by atoms with Crippen LogP contribution < -0.4 is 25.0 Å². The number of para-hydroxylation sites is 2. The van der Waals surface area contributed by atoms with Crippen molar-refractivity contribution in [1.82, 2.24) is 9.62 Å². The maximum atomic E-state index is 13.2. The average Bonchev–Trinajstić information content (AvgIpc) is 2.97. The zero-order chi connectivity index (χ0) is 27.8. The van der Waals surface area contributed by atoms with Crippen LogP contribution in [0, 0.1) is 0 Å². The number of hydrogen-bond donors (Lipinski definition) is 2. The summed E-state index contributed by atoms with van der Waals surface area (Å²) in [5, 5.41) is 5.43. The van der Waals surface area contributed by atoms with Gasteiger partial charge in [0, 0.05) is 50.4 Å². The molecule has 0 aliphatic carbocycles. The number of hydrogen-bond acceptors (Lipinski definition) is 7. The Bertz CT molecular complexity index is 1400. The second kappa shape index (κ2) is 12.6. The van der Waals surface area contributed by atoms with Crippen LogP contribution in [0.4, 0.5) is 11.4 Å². The molecule has 1 saturated heterocycles. The largest absolute Gasteiger partial charge is 0.497 e. The van der Waals surface area contributed by atoms with Crippen molar-refractivity contribution < 1.29 is 27.5 Å². The second-order valence-corrected chi connectivity index (χ2v) is 10.8. The molecule has 206 valence electrons. The fraction of sp³-hybridized carbons (Fsp3) is 0.286. The lowest BCUT2D eigenvalue weighted by atomic mass is 10.2. The number of amides is 2. The van der Waals surface area contributed by atoms with Crippen LogP contribution in [0.5, 0.6) is 11.5 Å². The first-order valence-corrected chi connectivity index (χ1v) is 14.0. The number of sulfonamides is 1. The minimum atomic E-state index is -3.68. The van der Waals surface area contributed by atoms with Crippen LogP contribution >= 0.6 is 0 Å². The quantitative estimate of drug-likeness (QED) is 0.397. The minimum Gasteiger partial charge on any atom is -0.497 e. The molecule has 0 saturated carbocycles. The summed E-state index contributed by atoms with van der Waals surface area (Å²) in [6, 6.07) is 20.5. The third-order valence-corrected chi connectivity index (χ3v) is 8.32. The highest BCUT2D eigenvalue weighted by molar-refractivity contribution is 7.89. The molecule has 3 aromatic carbocycles. The number of rotatable bonds is 10. The van der Waals surface area contributed by atoms with Gasteiger partial charge in [0.25, 0.3) is 5.91 Å². The van der Waals surface area contributed by atoms with Crippen molar-refractivity contribution in [3.05, 3.63) is 78.4 Å². The molecule has 4 rings (SSSR count). The molecule has 0 aromatic heterocycles. The van der Waals surface area contributed by atoms with E-state index < -0.39 is 10.0 Å². The Balaban J connectivity index is 1.27. The molecular formula is C28H32N4O6S. The summed E-state index contributed by atoms with van der Waals surface area (Å²) in [6.45, 7) is 1.93. The van der Waals surface area contributed by atoms with Gasteiger partial charge in [-0.15, -0.1) is 0 Å². The number of nitrogens with one attached hydrogen (secondary N) is 2. The van der Waals surface area contributed by atoms with Gasteiger partial charge in [0.2, 0.25) is 15.9 Å². The SMILES string of the molecule is COc1cccc(C(=O)NCCC(=O)Nc2ccc(S(=O)(=O)N3CCN(c4ccccc4OC)CC3)cc2)c1. The van der Waals surface area contributed by atoms with Gasteiger partial charge in [-0.25, -0.2) is 8.42 Å². The highest BCUT2D eigenvalue weighted by atomic mass is 32.2. The summed E-state index contributed by atoms with van der Waals surface area (Å²) < 4.78 is 38.4. The van der Waals surface area contributed by atoms with Crippen molar-refractivity contribution in [2.45, 2.75) is 11.3 Å². The van der Waals surface area contributed by atoms with Crippen LogP contribution in [0.1, 0.15) is 16.8 Å². The van der Waals surface area contributed by atoms with Crippen molar-refractivity contribution in [1.29, 1.82) is 0 Å². The van der Waals surface area contributed by atoms with Crippen molar-refractivity contribution in [2.24, 2.45) is 0 Å². The molecule has 1 aliphatic rings. The van der Waals surface area contributed by atoms with E-state index in [2.05, 4.69) is 15.5 Å². The van der Waals surface area contributed by atoms with Gasteiger partial charge >= 0.3 is 0 Å². The molecule has 0 atom stereocenters. The smallest absolute Gasteiger partial charge is 0.251 e. The number of nitrogens with zero attached hydrogens (tertiary/aromatic N) is 2. The third-order valence-electron chi connectivity index (χ3n) is 6.41. The molecule has 0 unspecified atom stereocenters. The van der Waals surface area contributed by atoms with Gasteiger partial charge < -0.3 is 25.0 Å². The standard InChI is InChI=1S/C28H32N4O6S/c1-37-23-7-5-6-21(20-23)28(34)29-15-14-27(33)30-22-10-12-24(13-11-22)39(35,36)32-18-16-31(17-19-32)25-8-3-4-9-26(25)38-2/h3-13,20H,14-19H2,1-2H3,(H,29,34)(H,30,33). The Morgan fingerprint density at radius 1 is 0.872 bits per heavy atom. The molecule has 2 amide bonds. The number of benzene rings is 3. The Kier molecular flexibility index (Phi) is 9.05. The van der Waals surface area contributed by atoms with Gasteiger partial charge in [0.15, 0.2) is 0 Å². The van der Waals surface area contributed by atoms with Gasteiger partial charge in [0.05, 0.1) is 24.8 Å². The third kappa shape index (κ3) is 6.87. The molecule has 39 heavy (non-hydrogen) atoms.